The van der Waals surface area contributed by atoms with Gasteiger partial charge in [0.2, 0.25) is 11.9 Å². The smallest absolute Gasteiger partial charge is 0.247 e. The highest BCUT2D eigenvalue weighted by Gasteiger charge is 2.18. The Morgan fingerprint density at radius 3 is 2.54 bits per heavy atom. The zero-order chi connectivity index (χ0) is 27.4. The van der Waals surface area contributed by atoms with E-state index >= 15 is 0 Å². The van der Waals surface area contributed by atoms with Gasteiger partial charge in [0.15, 0.2) is 0 Å². The van der Waals surface area contributed by atoms with Gasteiger partial charge >= 0.3 is 0 Å². The molecule has 5 rings (SSSR count). The molecule has 200 valence electrons. The van der Waals surface area contributed by atoms with Crippen LogP contribution in [-0.2, 0) is 4.79 Å². The van der Waals surface area contributed by atoms with Crippen molar-refractivity contribution in [1.82, 2.24) is 14.9 Å². The number of hydrogen-bond donors (Lipinski definition) is 3. The third-order valence-corrected chi connectivity index (χ3v) is 6.70. The Kier molecular flexibility index (Phi) is 7.81. The van der Waals surface area contributed by atoms with E-state index in [-0.39, 0.29) is 12.0 Å². The van der Waals surface area contributed by atoms with E-state index in [9.17, 15) is 14.3 Å². The zero-order valence-electron chi connectivity index (χ0n) is 21.8. The summed E-state index contributed by atoms with van der Waals surface area (Å²) in [5.74, 6) is -0.399. The number of aliphatic hydroxyl groups excluding tert-OH is 1. The van der Waals surface area contributed by atoms with E-state index in [2.05, 4.69) is 44.1 Å². The van der Waals surface area contributed by atoms with Gasteiger partial charge < -0.3 is 20.6 Å². The minimum Gasteiger partial charge on any atom is -0.392 e. The lowest BCUT2D eigenvalue weighted by Crippen LogP contribution is -2.48. The third-order valence-electron chi connectivity index (χ3n) is 6.70. The van der Waals surface area contributed by atoms with Gasteiger partial charge in [0.25, 0.3) is 0 Å². The number of nitrogens with one attached hydrogen (secondary N) is 2. The number of nitrogens with zero attached hydrogens (tertiary/aromatic N) is 4. The minimum absolute atomic E-state index is 0.315. The molecule has 1 saturated heterocycles. The molecule has 0 spiro atoms. The average molecular weight is 527 g/mol. The molecule has 1 aromatic heterocycles. The predicted molar refractivity (Wildman–Crippen MR) is 154 cm³/mol. The highest BCUT2D eigenvalue weighted by molar-refractivity contribution is 6.00. The summed E-state index contributed by atoms with van der Waals surface area (Å²) in [6, 6.07) is 18.0. The van der Waals surface area contributed by atoms with Crippen LogP contribution in [0.3, 0.4) is 0 Å². The highest BCUT2D eigenvalue weighted by atomic mass is 19.1. The highest BCUT2D eigenvalue weighted by Crippen LogP contribution is 2.32. The quantitative estimate of drug-likeness (QED) is 0.284. The summed E-state index contributed by atoms with van der Waals surface area (Å²) >= 11 is 0. The van der Waals surface area contributed by atoms with Crippen LogP contribution in [0.4, 0.5) is 27.4 Å². The maximum atomic E-state index is 14.9. The maximum Gasteiger partial charge on any atom is 0.247 e. The Labute approximate surface area is 226 Å². The van der Waals surface area contributed by atoms with Gasteiger partial charge in [-0.05, 0) is 55.5 Å². The van der Waals surface area contributed by atoms with Gasteiger partial charge in [-0.25, -0.2) is 14.4 Å². The first-order chi connectivity index (χ1) is 18.9. The standard InChI is InChI=1S/C30H31FN6O2/c1-3-28(39)33-23-9-12-27(31)26(17-23)25-6-4-5-21-18-32-30(35-29(21)25)34-22-7-10-24(11-8-22)37-15-13-36(14-16-37)19-20(2)38/h3-12,17-18,20,38H,1,13-16,19H2,2H3,(H,33,39)(H,32,34,35). The number of piperazine rings is 1. The van der Waals surface area contributed by atoms with E-state index in [4.69, 9.17) is 4.98 Å². The van der Waals surface area contributed by atoms with Crippen molar-refractivity contribution >= 4 is 39.8 Å². The largest absolute Gasteiger partial charge is 0.392 e. The molecular weight excluding hydrogens is 495 g/mol. The molecule has 1 unspecified atom stereocenters. The van der Waals surface area contributed by atoms with E-state index in [1.807, 2.05) is 31.2 Å². The van der Waals surface area contributed by atoms with Crippen LogP contribution in [0.5, 0.6) is 0 Å². The molecule has 8 nitrogen and oxygen atoms in total. The number of aromatic nitrogens is 2. The number of amides is 1. The van der Waals surface area contributed by atoms with Crippen molar-refractivity contribution in [2.24, 2.45) is 0 Å². The fourth-order valence-corrected chi connectivity index (χ4v) is 4.78. The van der Waals surface area contributed by atoms with Gasteiger partial charge in [-0.15, -0.1) is 0 Å². The lowest BCUT2D eigenvalue weighted by Gasteiger charge is -2.36. The third kappa shape index (κ3) is 6.22. The number of carbonyl (C=O) groups is 1. The van der Waals surface area contributed by atoms with E-state index < -0.39 is 5.82 Å². The molecule has 1 atom stereocenters. The van der Waals surface area contributed by atoms with E-state index in [1.54, 1.807) is 18.3 Å². The Balaban J connectivity index is 1.35. The van der Waals surface area contributed by atoms with Gasteiger partial charge in [0, 0.05) is 72.5 Å². The molecule has 1 amide bonds. The van der Waals surface area contributed by atoms with E-state index in [0.29, 0.717) is 34.8 Å². The van der Waals surface area contributed by atoms with Crippen LogP contribution < -0.4 is 15.5 Å². The summed E-state index contributed by atoms with van der Waals surface area (Å²) < 4.78 is 14.9. The van der Waals surface area contributed by atoms with Crippen LogP contribution in [0.15, 0.2) is 79.5 Å². The molecule has 2 heterocycles. The summed E-state index contributed by atoms with van der Waals surface area (Å²) in [7, 11) is 0. The number of benzene rings is 3. The first-order valence-electron chi connectivity index (χ1n) is 12.9. The van der Waals surface area contributed by atoms with E-state index in [1.165, 1.54) is 12.1 Å². The first kappa shape index (κ1) is 26.3. The number of carbonyl (C=O) groups excluding carboxylic acids is 1. The SMILES string of the molecule is C=CC(=O)Nc1ccc(F)c(-c2cccc3cnc(Nc4ccc(N5CCN(CC(C)O)CC5)cc4)nc23)c1. The Morgan fingerprint density at radius 1 is 1.08 bits per heavy atom. The summed E-state index contributed by atoms with van der Waals surface area (Å²) in [4.78, 5) is 25.5. The van der Waals surface area contributed by atoms with Crippen molar-refractivity contribution in [3.05, 3.63) is 85.3 Å². The molecule has 1 aliphatic rings. The molecule has 1 fully saturated rings. The van der Waals surface area contributed by atoms with Gasteiger partial charge in [-0.1, -0.05) is 24.8 Å². The normalized spacial score (nSPS) is 14.7. The molecule has 3 N–H and O–H groups in total. The van der Waals surface area contributed by atoms with Gasteiger partial charge in [0.05, 0.1) is 11.6 Å². The second-order valence-electron chi connectivity index (χ2n) is 9.63. The van der Waals surface area contributed by atoms with Crippen LogP contribution in [0, 0.1) is 5.82 Å². The first-order valence-corrected chi connectivity index (χ1v) is 12.9. The second kappa shape index (κ2) is 11.6. The topological polar surface area (TPSA) is 93.6 Å². The Bertz CT molecular complexity index is 1480. The summed E-state index contributed by atoms with van der Waals surface area (Å²) in [6.07, 6.45) is 2.55. The second-order valence-corrected chi connectivity index (χ2v) is 9.63. The molecular formula is C30H31FN6O2. The minimum atomic E-state index is -0.422. The van der Waals surface area contributed by atoms with Gasteiger partial charge in [0.1, 0.15) is 5.82 Å². The van der Waals surface area contributed by atoms with Gasteiger partial charge in [-0.3, -0.25) is 9.69 Å². The predicted octanol–water partition coefficient (Wildman–Crippen LogP) is 4.81. The van der Waals surface area contributed by atoms with Crippen molar-refractivity contribution in [2.45, 2.75) is 13.0 Å². The molecule has 1 aliphatic heterocycles. The summed E-state index contributed by atoms with van der Waals surface area (Å²) in [5.41, 5.74) is 3.94. The molecule has 9 heteroatoms. The van der Waals surface area contributed by atoms with Crippen molar-refractivity contribution in [1.29, 1.82) is 0 Å². The van der Waals surface area contributed by atoms with Crippen LogP contribution in [0.2, 0.25) is 0 Å². The molecule has 39 heavy (non-hydrogen) atoms. The Hall–Kier alpha value is -4.34. The Morgan fingerprint density at radius 2 is 1.82 bits per heavy atom. The number of hydrogen-bond acceptors (Lipinski definition) is 7. The van der Waals surface area contributed by atoms with Gasteiger partial charge in [-0.2, -0.15) is 0 Å². The fourth-order valence-electron chi connectivity index (χ4n) is 4.78. The number of β-amino-alcohol motifs (C(OH)–C–C–N with tert-alkyl or cyclic N) is 1. The number of fused-ring (bicyclic) bond motifs is 1. The van der Waals surface area contributed by atoms with Crippen molar-refractivity contribution in [3.63, 3.8) is 0 Å². The van der Waals surface area contributed by atoms with Crippen molar-refractivity contribution in [3.8, 4) is 11.1 Å². The zero-order valence-corrected chi connectivity index (χ0v) is 21.8. The molecule has 0 bridgehead atoms. The molecule has 0 saturated carbocycles. The van der Waals surface area contributed by atoms with Crippen molar-refractivity contribution < 1.29 is 14.3 Å². The molecule has 4 aromatic rings. The van der Waals surface area contributed by atoms with E-state index in [0.717, 1.165) is 49.0 Å². The summed E-state index contributed by atoms with van der Waals surface area (Å²) in [5, 5.41) is 16.3. The molecule has 0 radical (unpaired) electrons. The molecule has 0 aliphatic carbocycles. The van der Waals surface area contributed by atoms with Crippen molar-refractivity contribution in [2.75, 3.05) is 48.3 Å². The lowest BCUT2D eigenvalue weighted by molar-refractivity contribution is -0.111. The number of halogens is 1. The van der Waals surface area contributed by atoms with Crippen LogP contribution >= 0.6 is 0 Å². The number of aliphatic hydroxyl groups is 1. The maximum absolute atomic E-state index is 14.9. The van der Waals surface area contributed by atoms with Crippen LogP contribution in [0.1, 0.15) is 6.92 Å². The summed E-state index contributed by atoms with van der Waals surface area (Å²) in [6.45, 7) is 9.63. The number of rotatable bonds is 8. The van der Waals surface area contributed by atoms with Crippen LogP contribution in [0.25, 0.3) is 22.0 Å². The lowest BCUT2D eigenvalue weighted by atomic mass is 10.0. The number of anilines is 4. The monoisotopic (exact) mass is 526 g/mol. The average Bonchev–Trinajstić information content (AvgIpc) is 2.94. The fraction of sp³-hybridized carbons (Fsp3) is 0.233. The molecule has 3 aromatic carbocycles. The number of para-hydroxylation sites is 1. The van der Waals surface area contributed by atoms with Crippen LogP contribution in [-0.4, -0.2) is 64.7 Å².